The molecule has 3 aromatic rings. The van der Waals surface area contributed by atoms with Crippen molar-refractivity contribution in [2.75, 3.05) is 18.0 Å². The normalized spacial score (nSPS) is 12.9. The second kappa shape index (κ2) is 9.94. The number of halogens is 4. The molecule has 0 radical (unpaired) electrons. The zero-order valence-electron chi connectivity index (χ0n) is 17.0. The van der Waals surface area contributed by atoms with Gasteiger partial charge in [0, 0.05) is 35.6 Å². The molecule has 0 unspecified atom stereocenters. The van der Waals surface area contributed by atoms with Crippen molar-refractivity contribution >= 4 is 35.3 Å². The molecule has 1 aliphatic rings. The first-order valence-electron chi connectivity index (χ1n) is 9.88. The lowest BCUT2D eigenvalue weighted by atomic mass is 10.1. The molecule has 32 heavy (non-hydrogen) atoms. The van der Waals surface area contributed by atoms with Crippen LogP contribution in [0.25, 0.3) is 11.1 Å². The van der Waals surface area contributed by atoms with Gasteiger partial charge in [0.2, 0.25) is 5.91 Å². The lowest BCUT2D eigenvalue weighted by Gasteiger charge is -2.17. The maximum absolute atomic E-state index is 13.5. The summed E-state index contributed by atoms with van der Waals surface area (Å²) in [5.74, 6) is 0.553. The minimum atomic E-state index is -4.43. The summed E-state index contributed by atoms with van der Waals surface area (Å²) in [7, 11) is 0. The van der Waals surface area contributed by atoms with Crippen molar-refractivity contribution in [3.8, 4) is 16.9 Å². The second-order valence-electron chi connectivity index (χ2n) is 7.23. The van der Waals surface area contributed by atoms with Gasteiger partial charge in [0.15, 0.2) is 0 Å². The zero-order chi connectivity index (χ0) is 22.0. The molecule has 0 saturated carbocycles. The topological polar surface area (TPSA) is 55.6 Å². The van der Waals surface area contributed by atoms with Gasteiger partial charge in [-0.15, -0.1) is 23.7 Å². The number of carbonyl (C=O) groups is 1. The van der Waals surface area contributed by atoms with Gasteiger partial charge in [0.1, 0.15) is 17.2 Å². The molecule has 4 nitrogen and oxygen atoms in total. The van der Waals surface area contributed by atoms with Crippen LogP contribution in [0.4, 0.5) is 18.9 Å². The van der Waals surface area contributed by atoms with Gasteiger partial charge in [0.05, 0.1) is 0 Å². The van der Waals surface area contributed by atoms with Gasteiger partial charge in [-0.1, -0.05) is 30.3 Å². The molecule has 0 spiro atoms. The molecule has 0 aliphatic carbocycles. The van der Waals surface area contributed by atoms with Crippen molar-refractivity contribution in [3.63, 3.8) is 0 Å². The van der Waals surface area contributed by atoms with Crippen LogP contribution in [0.15, 0.2) is 54.6 Å². The van der Waals surface area contributed by atoms with E-state index in [4.69, 9.17) is 10.5 Å². The first-order chi connectivity index (χ1) is 14.9. The summed E-state index contributed by atoms with van der Waals surface area (Å²) < 4.78 is 46.4. The van der Waals surface area contributed by atoms with E-state index in [1.807, 2.05) is 12.1 Å². The maximum atomic E-state index is 13.5. The smallest absolute Gasteiger partial charge is 0.426 e. The fourth-order valence-corrected chi connectivity index (χ4v) is 4.66. The highest BCUT2D eigenvalue weighted by Gasteiger charge is 2.36. The number of anilines is 1. The van der Waals surface area contributed by atoms with Crippen LogP contribution < -0.4 is 15.4 Å². The Bertz CT molecular complexity index is 1090. The monoisotopic (exact) mass is 482 g/mol. The van der Waals surface area contributed by atoms with Gasteiger partial charge < -0.3 is 15.4 Å². The summed E-state index contributed by atoms with van der Waals surface area (Å²) >= 11 is 0.701. The summed E-state index contributed by atoms with van der Waals surface area (Å²) in [6.45, 7) is 0.935. The number of benzene rings is 2. The van der Waals surface area contributed by atoms with E-state index in [1.54, 1.807) is 47.4 Å². The highest BCUT2D eigenvalue weighted by Crippen LogP contribution is 2.43. The molecule has 0 bridgehead atoms. The van der Waals surface area contributed by atoms with Gasteiger partial charge >= 0.3 is 6.18 Å². The Morgan fingerprint density at radius 3 is 2.56 bits per heavy atom. The van der Waals surface area contributed by atoms with Crippen LogP contribution in [-0.2, 0) is 24.0 Å². The minimum absolute atomic E-state index is 0. The van der Waals surface area contributed by atoms with Crippen LogP contribution in [0.5, 0.6) is 5.75 Å². The molecule has 4 rings (SSSR count). The first-order valence-corrected chi connectivity index (χ1v) is 10.7. The van der Waals surface area contributed by atoms with Crippen LogP contribution >= 0.6 is 23.7 Å². The molecule has 0 atom stereocenters. The average Bonchev–Trinajstić information content (AvgIpc) is 3.37. The van der Waals surface area contributed by atoms with E-state index in [9.17, 15) is 18.0 Å². The Labute approximate surface area is 194 Å². The summed E-state index contributed by atoms with van der Waals surface area (Å²) in [5, 5.41) is 0. The van der Waals surface area contributed by atoms with Crippen molar-refractivity contribution < 1.29 is 22.7 Å². The number of thiophene rings is 1. The fourth-order valence-electron chi connectivity index (χ4n) is 3.70. The van der Waals surface area contributed by atoms with Gasteiger partial charge in [0.25, 0.3) is 0 Å². The fraction of sp³-hybridized carbons (Fsp3) is 0.261. The highest BCUT2D eigenvalue weighted by atomic mass is 35.5. The van der Waals surface area contributed by atoms with Crippen LogP contribution in [0.2, 0.25) is 0 Å². The standard InChI is InChI=1S/C23H21F3N2O2S.ClH/c24-23(25,26)22-19(15-4-2-1-3-5-15)13-18(31-22)14-30-17-6-7-20-16(12-17)9-11-28(20)21(29)8-10-27;/h1-7,12-13H,8-11,14,27H2;1H. The van der Waals surface area contributed by atoms with E-state index in [1.165, 1.54) is 0 Å². The van der Waals surface area contributed by atoms with E-state index in [0.29, 0.717) is 53.5 Å². The largest absolute Gasteiger partial charge is 0.488 e. The van der Waals surface area contributed by atoms with E-state index < -0.39 is 11.1 Å². The predicted octanol–water partition coefficient (Wildman–Crippen LogP) is 5.67. The Morgan fingerprint density at radius 2 is 1.88 bits per heavy atom. The molecule has 2 heterocycles. The number of amides is 1. The van der Waals surface area contributed by atoms with Gasteiger partial charge in [-0.25, -0.2) is 0 Å². The third kappa shape index (κ3) is 5.09. The average molecular weight is 483 g/mol. The van der Waals surface area contributed by atoms with Crippen LogP contribution in [-0.4, -0.2) is 19.0 Å². The van der Waals surface area contributed by atoms with Gasteiger partial charge in [-0.05, 0) is 41.8 Å². The van der Waals surface area contributed by atoms with Gasteiger partial charge in [-0.3, -0.25) is 4.79 Å². The van der Waals surface area contributed by atoms with Crippen molar-refractivity contribution in [1.82, 2.24) is 0 Å². The zero-order valence-corrected chi connectivity index (χ0v) is 18.7. The molecular weight excluding hydrogens is 461 g/mol. The number of hydrogen-bond donors (Lipinski definition) is 1. The van der Waals surface area contributed by atoms with Crippen LogP contribution in [0.1, 0.15) is 21.7 Å². The molecule has 2 N–H and O–H groups in total. The predicted molar refractivity (Wildman–Crippen MR) is 123 cm³/mol. The summed E-state index contributed by atoms with van der Waals surface area (Å²) in [6.07, 6.45) is -3.43. The molecular formula is C23H22ClF3N2O2S. The molecule has 1 aromatic heterocycles. The van der Waals surface area contributed by atoms with Crippen LogP contribution in [0.3, 0.4) is 0 Å². The van der Waals surface area contributed by atoms with Crippen LogP contribution in [0, 0.1) is 0 Å². The van der Waals surface area contributed by atoms with E-state index in [0.717, 1.165) is 11.3 Å². The second-order valence-corrected chi connectivity index (χ2v) is 8.37. The Hall–Kier alpha value is -2.55. The summed E-state index contributed by atoms with van der Waals surface area (Å²) in [6, 6.07) is 15.5. The lowest BCUT2D eigenvalue weighted by molar-refractivity contribution is -0.133. The van der Waals surface area contributed by atoms with Crippen molar-refractivity contribution in [3.05, 3.63) is 69.9 Å². The Kier molecular flexibility index (Phi) is 7.48. The highest BCUT2D eigenvalue weighted by molar-refractivity contribution is 7.12. The van der Waals surface area contributed by atoms with Gasteiger partial charge in [-0.2, -0.15) is 13.2 Å². The Morgan fingerprint density at radius 1 is 1.12 bits per heavy atom. The molecule has 1 amide bonds. The minimum Gasteiger partial charge on any atom is -0.488 e. The van der Waals surface area contributed by atoms with Crippen molar-refractivity contribution in [2.24, 2.45) is 5.73 Å². The van der Waals surface area contributed by atoms with E-state index in [2.05, 4.69) is 0 Å². The third-order valence-electron chi connectivity index (χ3n) is 5.11. The number of carbonyl (C=O) groups excluding carboxylic acids is 1. The lowest BCUT2D eigenvalue weighted by Crippen LogP contribution is -2.30. The third-order valence-corrected chi connectivity index (χ3v) is 6.27. The quantitative estimate of drug-likeness (QED) is 0.492. The SMILES string of the molecule is Cl.NCCC(=O)N1CCc2cc(OCc3cc(-c4ccccc4)c(C(F)(F)F)s3)ccc21. The van der Waals surface area contributed by atoms with E-state index >= 15 is 0 Å². The number of alkyl halides is 3. The Balaban J connectivity index is 0.00000289. The number of ether oxygens (including phenoxy) is 1. The number of rotatable bonds is 6. The summed E-state index contributed by atoms with van der Waals surface area (Å²) in [5.41, 5.74) is 7.99. The van der Waals surface area contributed by atoms with Crippen molar-refractivity contribution in [1.29, 1.82) is 0 Å². The summed E-state index contributed by atoms with van der Waals surface area (Å²) in [4.78, 5) is 13.7. The first kappa shape index (κ1) is 24.1. The number of hydrogen-bond acceptors (Lipinski definition) is 4. The number of nitrogens with zero attached hydrogens (tertiary/aromatic N) is 1. The number of fused-ring (bicyclic) bond motifs is 1. The molecule has 170 valence electrons. The molecule has 2 aromatic carbocycles. The van der Waals surface area contributed by atoms with Crippen molar-refractivity contribution in [2.45, 2.75) is 25.6 Å². The molecule has 1 aliphatic heterocycles. The maximum Gasteiger partial charge on any atom is 0.426 e. The molecule has 0 fully saturated rings. The number of nitrogens with two attached hydrogens (primary N) is 1. The molecule has 0 saturated heterocycles. The van der Waals surface area contributed by atoms with E-state index in [-0.39, 0.29) is 30.5 Å². The molecule has 9 heteroatoms.